The third kappa shape index (κ3) is 2.78. The number of halogens is 2. The molecule has 0 amide bonds. The Hall–Kier alpha value is -0.400. The van der Waals surface area contributed by atoms with Crippen molar-refractivity contribution in [2.45, 2.75) is 26.2 Å². The van der Waals surface area contributed by atoms with Gasteiger partial charge in [-0.05, 0) is 34.7 Å². The molecular weight excluding hydrogens is 383 g/mol. The first kappa shape index (κ1) is 14.0. The molecule has 2 heterocycles. The van der Waals surface area contributed by atoms with Crippen LogP contribution >= 0.6 is 45.5 Å². The quantitative estimate of drug-likeness (QED) is 0.742. The minimum atomic E-state index is -0.166. The Kier molecular flexibility index (Phi) is 3.85. The van der Waals surface area contributed by atoms with E-state index >= 15 is 0 Å². The predicted molar refractivity (Wildman–Crippen MR) is 84.6 cm³/mol. The van der Waals surface area contributed by atoms with Crippen molar-refractivity contribution in [3.63, 3.8) is 0 Å². The summed E-state index contributed by atoms with van der Waals surface area (Å²) in [5.74, 6) is 0.585. The topological polar surface area (TPSA) is 45.8 Å². The lowest BCUT2D eigenvalue weighted by molar-refractivity contribution is 0.562. The number of nitrogens with zero attached hydrogens (tertiary/aromatic N) is 1. The standard InChI is InChI=1S/C12H12ClIN2OS/c1-12(2,3)9-8(14)11(17)16-10(15-9)6-4-5-7(13)18-6/h4-5H,1-3H3,(H,15,16,17). The van der Waals surface area contributed by atoms with Gasteiger partial charge in [-0.25, -0.2) is 4.98 Å². The van der Waals surface area contributed by atoms with E-state index in [1.807, 2.05) is 49.4 Å². The number of hydrogen-bond donors (Lipinski definition) is 1. The van der Waals surface area contributed by atoms with Crippen molar-refractivity contribution < 1.29 is 0 Å². The lowest BCUT2D eigenvalue weighted by atomic mass is 9.92. The van der Waals surface area contributed by atoms with E-state index in [1.165, 1.54) is 11.3 Å². The van der Waals surface area contributed by atoms with Gasteiger partial charge in [0.15, 0.2) is 5.82 Å². The molecule has 3 nitrogen and oxygen atoms in total. The van der Waals surface area contributed by atoms with Crippen molar-refractivity contribution in [2.75, 3.05) is 0 Å². The van der Waals surface area contributed by atoms with E-state index in [2.05, 4.69) is 9.97 Å². The smallest absolute Gasteiger partial charge is 0.264 e. The predicted octanol–water partition coefficient (Wildman–Crippen LogP) is 4.05. The van der Waals surface area contributed by atoms with Crippen LogP contribution in [0.15, 0.2) is 16.9 Å². The maximum absolute atomic E-state index is 12.0. The van der Waals surface area contributed by atoms with E-state index in [1.54, 1.807) is 6.07 Å². The zero-order valence-corrected chi connectivity index (χ0v) is 13.9. The highest BCUT2D eigenvalue weighted by atomic mass is 127. The van der Waals surface area contributed by atoms with Crippen LogP contribution in [0.3, 0.4) is 0 Å². The Labute approximate surface area is 128 Å². The van der Waals surface area contributed by atoms with Crippen molar-refractivity contribution in [1.29, 1.82) is 0 Å². The van der Waals surface area contributed by atoms with Crippen LogP contribution in [0.25, 0.3) is 10.7 Å². The number of H-pyrrole nitrogens is 1. The number of hydrogen-bond acceptors (Lipinski definition) is 3. The summed E-state index contributed by atoms with van der Waals surface area (Å²) in [7, 11) is 0. The molecule has 18 heavy (non-hydrogen) atoms. The van der Waals surface area contributed by atoms with Crippen LogP contribution in [0, 0.1) is 3.57 Å². The number of nitrogens with one attached hydrogen (secondary N) is 1. The average Bonchev–Trinajstić information content (AvgIpc) is 2.67. The highest BCUT2D eigenvalue weighted by molar-refractivity contribution is 14.1. The molecule has 0 aromatic carbocycles. The molecule has 0 aliphatic carbocycles. The van der Waals surface area contributed by atoms with Crippen molar-refractivity contribution in [3.8, 4) is 10.7 Å². The molecule has 96 valence electrons. The van der Waals surface area contributed by atoms with Crippen molar-refractivity contribution >= 4 is 45.5 Å². The Bertz CT molecular complexity index is 642. The number of aromatic nitrogens is 2. The van der Waals surface area contributed by atoms with E-state index in [0.29, 0.717) is 13.7 Å². The molecule has 2 aromatic heterocycles. The summed E-state index contributed by atoms with van der Waals surface area (Å²) in [5.41, 5.74) is 0.544. The van der Waals surface area contributed by atoms with Gasteiger partial charge in [-0.2, -0.15) is 0 Å². The van der Waals surface area contributed by atoms with Gasteiger partial charge in [-0.1, -0.05) is 32.4 Å². The van der Waals surface area contributed by atoms with Crippen LogP contribution in [-0.2, 0) is 5.41 Å². The lowest BCUT2D eigenvalue weighted by Gasteiger charge is -2.19. The Morgan fingerprint density at radius 1 is 1.39 bits per heavy atom. The summed E-state index contributed by atoms with van der Waals surface area (Å²) in [4.78, 5) is 20.2. The molecule has 6 heteroatoms. The van der Waals surface area contributed by atoms with Gasteiger partial charge >= 0.3 is 0 Å². The second kappa shape index (κ2) is 4.94. The molecule has 1 N–H and O–H groups in total. The average molecular weight is 395 g/mol. The third-order valence-corrected chi connectivity index (χ3v) is 4.62. The maximum Gasteiger partial charge on any atom is 0.264 e. The zero-order valence-electron chi connectivity index (χ0n) is 10.2. The Balaban J connectivity index is 2.65. The molecule has 0 bridgehead atoms. The highest BCUT2D eigenvalue weighted by Gasteiger charge is 2.22. The molecule has 0 aliphatic rings. The van der Waals surface area contributed by atoms with Crippen molar-refractivity contribution in [3.05, 3.63) is 36.1 Å². The zero-order chi connectivity index (χ0) is 13.5. The molecule has 0 saturated heterocycles. The second-order valence-corrected chi connectivity index (χ2v) is 7.72. The summed E-state index contributed by atoms with van der Waals surface area (Å²) in [6, 6.07) is 3.67. The number of aromatic amines is 1. The number of rotatable bonds is 1. The largest absolute Gasteiger partial charge is 0.305 e. The first-order valence-corrected chi connectivity index (χ1v) is 7.62. The highest BCUT2D eigenvalue weighted by Crippen LogP contribution is 2.30. The fourth-order valence-electron chi connectivity index (χ4n) is 1.51. The van der Waals surface area contributed by atoms with Crippen molar-refractivity contribution in [2.24, 2.45) is 0 Å². The molecule has 0 unspecified atom stereocenters. The SMILES string of the molecule is CC(C)(C)c1nc(-c2ccc(Cl)s2)[nH]c(=O)c1I. The molecule has 0 radical (unpaired) electrons. The lowest BCUT2D eigenvalue weighted by Crippen LogP contribution is -2.24. The monoisotopic (exact) mass is 394 g/mol. The van der Waals surface area contributed by atoms with Gasteiger partial charge in [-0.3, -0.25) is 4.79 Å². The van der Waals surface area contributed by atoms with Gasteiger partial charge in [0.2, 0.25) is 0 Å². The molecule has 0 saturated carbocycles. The minimum absolute atomic E-state index is 0.102. The summed E-state index contributed by atoms with van der Waals surface area (Å²) < 4.78 is 1.33. The van der Waals surface area contributed by atoms with Crippen LogP contribution in [0.2, 0.25) is 4.34 Å². The minimum Gasteiger partial charge on any atom is -0.305 e. The Morgan fingerprint density at radius 2 is 2.06 bits per heavy atom. The Morgan fingerprint density at radius 3 is 2.56 bits per heavy atom. The third-order valence-electron chi connectivity index (χ3n) is 2.38. The van der Waals surface area contributed by atoms with Crippen LogP contribution in [0.5, 0.6) is 0 Å². The molecule has 2 rings (SSSR count). The van der Waals surface area contributed by atoms with Gasteiger partial charge in [0.25, 0.3) is 5.56 Å². The summed E-state index contributed by atoms with van der Waals surface area (Å²) in [6.45, 7) is 6.13. The number of thiophene rings is 1. The van der Waals surface area contributed by atoms with E-state index in [4.69, 9.17) is 11.6 Å². The first-order valence-electron chi connectivity index (χ1n) is 5.35. The van der Waals surface area contributed by atoms with Gasteiger partial charge < -0.3 is 4.98 Å². The van der Waals surface area contributed by atoms with Gasteiger partial charge in [0.1, 0.15) is 3.57 Å². The van der Waals surface area contributed by atoms with Gasteiger partial charge in [-0.15, -0.1) is 11.3 Å². The fraction of sp³-hybridized carbons (Fsp3) is 0.333. The van der Waals surface area contributed by atoms with E-state index in [9.17, 15) is 4.79 Å². The van der Waals surface area contributed by atoms with Crippen LogP contribution in [0.1, 0.15) is 26.5 Å². The molecule has 0 aliphatic heterocycles. The first-order chi connectivity index (χ1) is 8.29. The van der Waals surface area contributed by atoms with Gasteiger partial charge in [0, 0.05) is 5.41 Å². The molecular formula is C12H12ClIN2OS. The molecule has 0 fully saturated rings. The molecule has 2 aromatic rings. The second-order valence-electron chi connectivity index (χ2n) is 4.93. The normalized spacial score (nSPS) is 11.8. The summed E-state index contributed by atoms with van der Waals surface area (Å²) >= 11 is 9.36. The van der Waals surface area contributed by atoms with Crippen LogP contribution in [-0.4, -0.2) is 9.97 Å². The summed E-state index contributed by atoms with van der Waals surface area (Å²) in [5, 5.41) is 0. The van der Waals surface area contributed by atoms with E-state index in [-0.39, 0.29) is 11.0 Å². The molecule has 0 atom stereocenters. The van der Waals surface area contributed by atoms with E-state index in [0.717, 1.165) is 10.6 Å². The summed E-state index contributed by atoms with van der Waals surface area (Å²) in [6.07, 6.45) is 0. The maximum atomic E-state index is 12.0. The van der Waals surface area contributed by atoms with Crippen LogP contribution < -0.4 is 5.56 Å². The molecule has 0 spiro atoms. The van der Waals surface area contributed by atoms with Crippen molar-refractivity contribution in [1.82, 2.24) is 9.97 Å². The van der Waals surface area contributed by atoms with Gasteiger partial charge in [0.05, 0.1) is 14.9 Å². The van der Waals surface area contributed by atoms with Crippen LogP contribution in [0.4, 0.5) is 0 Å². The fourth-order valence-corrected chi connectivity index (χ4v) is 3.57. The van der Waals surface area contributed by atoms with E-state index < -0.39 is 0 Å².